The molecule has 10 nitrogen and oxygen atoms in total. The molecule has 2 aliphatic rings. The Bertz CT molecular complexity index is 1270. The van der Waals surface area contributed by atoms with Gasteiger partial charge in [0.2, 0.25) is 0 Å². The molecule has 0 unspecified atom stereocenters. The van der Waals surface area contributed by atoms with E-state index in [9.17, 15) is 14.9 Å². The van der Waals surface area contributed by atoms with E-state index in [2.05, 4.69) is 25.1 Å². The number of carbonyl (C=O) groups excluding carboxylic acids is 1. The van der Waals surface area contributed by atoms with Gasteiger partial charge < -0.3 is 25.0 Å². The summed E-state index contributed by atoms with van der Waals surface area (Å²) in [6.45, 7) is 3.76. The third-order valence-corrected chi connectivity index (χ3v) is 7.86. The number of piperazine rings is 1. The van der Waals surface area contributed by atoms with Crippen molar-refractivity contribution in [2.75, 3.05) is 36.0 Å². The number of imidazole rings is 1. The summed E-state index contributed by atoms with van der Waals surface area (Å²) in [5.74, 6) is -0.250. The molecule has 0 radical (unpaired) electrons. The van der Waals surface area contributed by atoms with E-state index in [-0.39, 0.29) is 11.6 Å². The highest BCUT2D eigenvalue weighted by Gasteiger charge is 2.23. The molecule has 39 heavy (non-hydrogen) atoms. The van der Waals surface area contributed by atoms with Crippen LogP contribution in [0.25, 0.3) is 0 Å². The molecule has 11 heteroatoms. The largest absolute Gasteiger partial charge is 0.368 e. The molecule has 0 atom stereocenters. The van der Waals surface area contributed by atoms with E-state index in [4.69, 9.17) is 12.2 Å². The fraction of sp³-hybridized carbons (Fsp3) is 0.393. The summed E-state index contributed by atoms with van der Waals surface area (Å²) in [6, 6.07) is 14.1. The van der Waals surface area contributed by atoms with Crippen molar-refractivity contribution in [3.63, 3.8) is 0 Å². The molecule has 5 rings (SSSR count). The van der Waals surface area contributed by atoms with Crippen LogP contribution in [0.1, 0.15) is 48.2 Å². The lowest BCUT2D eigenvalue weighted by atomic mass is 9.96. The summed E-state index contributed by atoms with van der Waals surface area (Å²) < 4.78 is 0. The van der Waals surface area contributed by atoms with Gasteiger partial charge in [-0.3, -0.25) is 14.9 Å². The van der Waals surface area contributed by atoms with Crippen LogP contribution in [0.5, 0.6) is 0 Å². The third-order valence-electron chi connectivity index (χ3n) is 7.48. The fourth-order valence-electron chi connectivity index (χ4n) is 5.23. The van der Waals surface area contributed by atoms with Crippen LogP contribution in [0.4, 0.5) is 17.1 Å². The van der Waals surface area contributed by atoms with Crippen LogP contribution in [0, 0.1) is 10.1 Å². The monoisotopic (exact) mass is 547 g/mol. The second kappa shape index (κ2) is 12.2. The summed E-state index contributed by atoms with van der Waals surface area (Å²) in [7, 11) is 0. The topological polar surface area (TPSA) is 111 Å². The van der Waals surface area contributed by atoms with Gasteiger partial charge in [-0.1, -0.05) is 19.3 Å². The summed E-state index contributed by atoms with van der Waals surface area (Å²) in [4.78, 5) is 37.4. The van der Waals surface area contributed by atoms with Crippen LogP contribution >= 0.6 is 12.2 Å². The highest BCUT2D eigenvalue weighted by Crippen LogP contribution is 2.26. The van der Waals surface area contributed by atoms with Gasteiger partial charge >= 0.3 is 0 Å². The van der Waals surface area contributed by atoms with E-state index in [1.54, 1.807) is 17.4 Å². The Labute approximate surface area is 233 Å². The van der Waals surface area contributed by atoms with E-state index < -0.39 is 4.92 Å². The average Bonchev–Trinajstić information content (AvgIpc) is 3.50. The van der Waals surface area contributed by atoms with Gasteiger partial charge in [-0.15, -0.1) is 0 Å². The second-order valence-corrected chi connectivity index (χ2v) is 10.4. The molecular formula is C28H33N7O3S. The quantitative estimate of drug-likeness (QED) is 0.253. The zero-order valence-corrected chi connectivity index (χ0v) is 22.6. The molecule has 204 valence electrons. The van der Waals surface area contributed by atoms with Crippen LogP contribution in [0.2, 0.25) is 0 Å². The minimum Gasteiger partial charge on any atom is -0.368 e. The number of rotatable bonds is 7. The van der Waals surface area contributed by atoms with Crippen LogP contribution in [0.15, 0.2) is 61.1 Å². The smallest absolute Gasteiger partial charge is 0.269 e. The van der Waals surface area contributed by atoms with Crippen LogP contribution < -0.4 is 15.1 Å². The van der Waals surface area contributed by atoms with Crippen molar-refractivity contribution in [1.82, 2.24) is 20.2 Å². The number of nitrogens with one attached hydrogen (secondary N) is 2. The molecule has 1 aromatic heterocycles. The molecule has 0 spiro atoms. The number of thiocarbonyl (C=S) groups is 1. The predicted molar refractivity (Wildman–Crippen MR) is 155 cm³/mol. The molecule has 1 saturated heterocycles. The molecule has 2 aromatic carbocycles. The number of amides is 1. The van der Waals surface area contributed by atoms with E-state index >= 15 is 0 Å². The van der Waals surface area contributed by atoms with Gasteiger partial charge in [-0.05, 0) is 61.5 Å². The number of non-ortho nitro benzene ring substituents is 1. The Balaban J connectivity index is 1.24. The molecule has 0 bridgehead atoms. The molecule has 2 fully saturated rings. The first-order chi connectivity index (χ1) is 19.0. The molecule has 2 N–H and O–H groups in total. The van der Waals surface area contributed by atoms with E-state index in [1.807, 2.05) is 24.3 Å². The number of nitrogens with zero attached hydrogens (tertiary/aromatic N) is 5. The number of hydrogen-bond acceptors (Lipinski definition) is 6. The third kappa shape index (κ3) is 6.54. The van der Waals surface area contributed by atoms with Gasteiger partial charge in [0.1, 0.15) is 0 Å². The van der Waals surface area contributed by atoms with Crippen molar-refractivity contribution in [1.29, 1.82) is 0 Å². The summed E-state index contributed by atoms with van der Waals surface area (Å²) in [5.41, 5.74) is 2.92. The maximum Gasteiger partial charge on any atom is 0.269 e. The van der Waals surface area contributed by atoms with Crippen LogP contribution in [-0.2, 0) is 6.54 Å². The zero-order valence-electron chi connectivity index (χ0n) is 21.8. The van der Waals surface area contributed by atoms with Crippen molar-refractivity contribution in [2.45, 2.75) is 44.7 Å². The maximum absolute atomic E-state index is 13.5. The molecule has 1 saturated carbocycles. The summed E-state index contributed by atoms with van der Waals surface area (Å²) >= 11 is 5.71. The van der Waals surface area contributed by atoms with Gasteiger partial charge in [-0.2, -0.15) is 0 Å². The lowest BCUT2D eigenvalue weighted by molar-refractivity contribution is -0.384. The molecule has 1 amide bonds. The lowest BCUT2D eigenvalue weighted by Gasteiger charge is -2.38. The number of aromatic amines is 1. The van der Waals surface area contributed by atoms with Gasteiger partial charge in [0.15, 0.2) is 5.11 Å². The number of H-pyrrole nitrogens is 1. The van der Waals surface area contributed by atoms with Gasteiger partial charge in [0.05, 0.1) is 23.5 Å². The average molecular weight is 548 g/mol. The van der Waals surface area contributed by atoms with Crippen LogP contribution in [0.3, 0.4) is 0 Å². The number of nitro groups is 1. The number of anilines is 2. The van der Waals surface area contributed by atoms with Crippen molar-refractivity contribution < 1.29 is 9.72 Å². The minimum absolute atomic E-state index is 0.0540. The fourth-order valence-corrected chi connectivity index (χ4v) is 5.58. The normalized spacial score (nSPS) is 16.1. The number of nitro benzene ring substituents is 1. The van der Waals surface area contributed by atoms with Crippen molar-refractivity contribution in [3.05, 3.63) is 82.4 Å². The van der Waals surface area contributed by atoms with Crippen molar-refractivity contribution in [2.24, 2.45) is 0 Å². The summed E-state index contributed by atoms with van der Waals surface area (Å²) in [5, 5.41) is 15.5. The van der Waals surface area contributed by atoms with Crippen molar-refractivity contribution >= 4 is 40.3 Å². The predicted octanol–water partition coefficient (Wildman–Crippen LogP) is 4.49. The Morgan fingerprint density at radius 3 is 2.36 bits per heavy atom. The standard InChI is InChI=1S/C28H33N7O3S/c36-27(21-6-8-26(9-7-21)35(37)38)34(19-23-18-29-20-30-23)25-12-10-24(11-13-25)32-14-16-33(17-15-32)28(39)31-22-4-2-1-3-5-22/h6-13,18,20,22H,1-5,14-17,19H2,(H,29,30)(H,31,39). The van der Waals surface area contributed by atoms with Gasteiger partial charge in [-0.25, -0.2) is 4.98 Å². The van der Waals surface area contributed by atoms with E-state index in [0.29, 0.717) is 18.2 Å². The zero-order chi connectivity index (χ0) is 27.2. The molecule has 1 aliphatic carbocycles. The lowest BCUT2D eigenvalue weighted by Crippen LogP contribution is -2.53. The molecule has 2 heterocycles. The summed E-state index contributed by atoms with van der Waals surface area (Å²) in [6.07, 6.45) is 9.55. The minimum atomic E-state index is -0.476. The Morgan fingerprint density at radius 1 is 1.05 bits per heavy atom. The van der Waals surface area contributed by atoms with E-state index in [0.717, 1.165) is 48.4 Å². The van der Waals surface area contributed by atoms with Crippen molar-refractivity contribution in [3.8, 4) is 0 Å². The first-order valence-electron chi connectivity index (χ1n) is 13.4. The Morgan fingerprint density at radius 2 is 1.74 bits per heavy atom. The molecule has 1 aliphatic heterocycles. The highest BCUT2D eigenvalue weighted by atomic mass is 32.1. The SMILES string of the molecule is O=C(c1ccc([N+](=O)[O-])cc1)N(Cc1cnc[nH]1)c1ccc(N2CCN(C(=S)NC3CCCCC3)CC2)cc1. The van der Waals surface area contributed by atoms with E-state index in [1.165, 1.54) is 56.4 Å². The number of aromatic nitrogens is 2. The number of benzene rings is 2. The number of carbonyl (C=O) groups is 1. The van der Waals surface area contributed by atoms with Gasteiger partial charge in [0.25, 0.3) is 11.6 Å². The van der Waals surface area contributed by atoms with Crippen LogP contribution in [-0.4, -0.2) is 63.0 Å². The first kappa shape index (κ1) is 26.6. The molecule has 3 aromatic rings. The maximum atomic E-state index is 13.5. The molecular weight excluding hydrogens is 514 g/mol. The number of hydrogen-bond donors (Lipinski definition) is 2. The Kier molecular flexibility index (Phi) is 8.36. The highest BCUT2D eigenvalue weighted by molar-refractivity contribution is 7.80. The Hall–Kier alpha value is -3.99. The van der Waals surface area contributed by atoms with Gasteiger partial charge in [0, 0.05) is 67.5 Å². The first-order valence-corrected chi connectivity index (χ1v) is 13.8. The second-order valence-electron chi connectivity index (χ2n) is 10.0.